The second-order valence-corrected chi connectivity index (χ2v) is 9.16. The summed E-state index contributed by atoms with van der Waals surface area (Å²) in [6.07, 6.45) is 3.23. The first-order valence-electron chi connectivity index (χ1n) is 11.9. The fourth-order valence-electron chi connectivity index (χ4n) is 5.35. The van der Waals surface area contributed by atoms with E-state index in [1.807, 2.05) is 0 Å². The summed E-state index contributed by atoms with van der Waals surface area (Å²) < 4.78 is 2.27. The predicted octanol–water partition coefficient (Wildman–Crippen LogP) is 8.41. The van der Waals surface area contributed by atoms with E-state index in [4.69, 9.17) is 0 Å². The Morgan fingerprint density at radius 3 is 1.71 bits per heavy atom. The Labute approximate surface area is 201 Å². The normalized spacial score (nSPS) is 13.8. The molecule has 0 aliphatic heterocycles. The van der Waals surface area contributed by atoms with Gasteiger partial charge < -0.3 is 4.57 Å². The molecule has 0 radical (unpaired) electrons. The van der Waals surface area contributed by atoms with Gasteiger partial charge in [0.05, 0.1) is 0 Å². The van der Waals surface area contributed by atoms with Gasteiger partial charge in [-0.2, -0.15) is 0 Å². The Bertz CT molecular complexity index is 1550. The molecule has 0 bridgehead atoms. The number of allylic oxidation sites excluding steroid dienone is 4. The molecule has 5 aromatic rings. The lowest BCUT2D eigenvalue weighted by molar-refractivity contribution is 0.967. The van der Waals surface area contributed by atoms with Gasteiger partial charge in [0, 0.05) is 29.7 Å². The van der Waals surface area contributed by atoms with E-state index in [2.05, 4.69) is 134 Å². The number of nitrogens with zero attached hydrogens (tertiary/aromatic N) is 1. The fraction of sp³-hybridized carbons (Fsp3) is 0.0909. The third-order valence-corrected chi connectivity index (χ3v) is 6.93. The topological polar surface area (TPSA) is 4.93 Å². The van der Waals surface area contributed by atoms with Gasteiger partial charge in [0.25, 0.3) is 0 Å². The lowest BCUT2D eigenvalue weighted by Crippen LogP contribution is -1.92. The minimum atomic E-state index is 0.912. The number of rotatable bonds is 4. The van der Waals surface area contributed by atoms with E-state index in [1.54, 1.807) is 0 Å². The fourth-order valence-corrected chi connectivity index (χ4v) is 5.35. The van der Waals surface area contributed by atoms with Crippen LogP contribution in [0.1, 0.15) is 34.2 Å². The Morgan fingerprint density at radius 2 is 1.12 bits per heavy atom. The number of aromatic nitrogens is 1. The molecule has 34 heavy (non-hydrogen) atoms. The van der Waals surface area contributed by atoms with Gasteiger partial charge in [0.1, 0.15) is 0 Å². The third-order valence-electron chi connectivity index (χ3n) is 6.93. The van der Waals surface area contributed by atoms with Crippen molar-refractivity contribution in [2.75, 3.05) is 0 Å². The van der Waals surface area contributed by atoms with Crippen molar-refractivity contribution in [3.8, 4) is 0 Å². The molecule has 0 saturated carbocycles. The maximum atomic E-state index is 2.34. The smallest absolute Gasteiger partial charge is 0.0484 e. The van der Waals surface area contributed by atoms with Crippen LogP contribution in [0.25, 0.3) is 33.2 Å². The number of hydrogen-bond acceptors (Lipinski definition) is 0. The van der Waals surface area contributed by atoms with Crippen LogP contribution in [0.3, 0.4) is 0 Å². The van der Waals surface area contributed by atoms with Crippen LogP contribution >= 0.6 is 0 Å². The molecule has 0 atom stereocenters. The van der Waals surface area contributed by atoms with Gasteiger partial charge >= 0.3 is 0 Å². The largest absolute Gasteiger partial charge is 0.350 e. The first kappa shape index (κ1) is 20.5. The summed E-state index contributed by atoms with van der Waals surface area (Å²) in [5, 5.41) is 1.31. The first-order valence-corrected chi connectivity index (χ1v) is 11.9. The highest BCUT2D eigenvalue weighted by Crippen LogP contribution is 2.52. The molecule has 6 rings (SSSR count). The Hall–Kier alpha value is -4.10. The summed E-state index contributed by atoms with van der Waals surface area (Å²) in [5.41, 5.74) is 13.2. The van der Waals surface area contributed by atoms with Crippen LogP contribution in [0.4, 0.5) is 0 Å². The number of hydrogen-bond donors (Lipinski definition) is 0. The standard InChI is InChI=1S/C33H27N/c1-23-18-19-31-29(20-23)30(22-34(31)2)33-28(25-14-8-4-9-15-25)21-27(24-12-6-3-7-13-24)32(33)26-16-10-5-11-17-26/h3-20,22H,21H2,1-2H3. The zero-order valence-electron chi connectivity index (χ0n) is 19.6. The van der Waals surface area contributed by atoms with Crippen LogP contribution in [0.15, 0.2) is 115 Å². The van der Waals surface area contributed by atoms with Gasteiger partial charge in [-0.3, -0.25) is 0 Å². The van der Waals surface area contributed by atoms with Crippen molar-refractivity contribution in [1.82, 2.24) is 4.57 Å². The zero-order chi connectivity index (χ0) is 23.1. The van der Waals surface area contributed by atoms with E-state index in [0.717, 1.165) is 6.42 Å². The minimum Gasteiger partial charge on any atom is -0.350 e. The van der Waals surface area contributed by atoms with E-state index in [9.17, 15) is 0 Å². The Kier molecular flexibility index (Phi) is 5.04. The molecule has 164 valence electrons. The highest BCUT2D eigenvalue weighted by atomic mass is 14.9. The second kappa shape index (κ2) is 8.35. The number of fused-ring (bicyclic) bond motifs is 1. The van der Waals surface area contributed by atoms with Crippen LogP contribution in [-0.2, 0) is 7.05 Å². The molecule has 0 spiro atoms. The van der Waals surface area contributed by atoms with Crippen LogP contribution in [0, 0.1) is 6.92 Å². The average molecular weight is 438 g/mol. The van der Waals surface area contributed by atoms with Crippen LogP contribution in [0.2, 0.25) is 0 Å². The molecule has 1 aliphatic carbocycles. The van der Waals surface area contributed by atoms with Gasteiger partial charge in [-0.1, -0.05) is 103 Å². The van der Waals surface area contributed by atoms with E-state index in [0.29, 0.717) is 0 Å². The average Bonchev–Trinajstić information content (AvgIpc) is 3.43. The molecular weight excluding hydrogens is 410 g/mol. The second-order valence-electron chi connectivity index (χ2n) is 9.16. The maximum absolute atomic E-state index is 2.34. The Morgan fingerprint density at radius 1 is 0.588 bits per heavy atom. The van der Waals surface area contributed by atoms with E-state index in [-0.39, 0.29) is 0 Å². The molecule has 1 aliphatic rings. The molecule has 0 amide bonds. The van der Waals surface area contributed by atoms with Crippen molar-refractivity contribution in [2.24, 2.45) is 7.05 Å². The lowest BCUT2D eigenvalue weighted by atomic mass is 9.89. The lowest BCUT2D eigenvalue weighted by Gasteiger charge is -2.14. The molecule has 1 heteroatoms. The predicted molar refractivity (Wildman–Crippen MR) is 145 cm³/mol. The summed E-state index contributed by atoms with van der Waals surface area (Å²) in [4.78, 5) is 0. The zero-order valence-corrected chi connectivity index (χ0v) is 19.6. The summed E-state index contributed by atoms with van der Waals surface area (Å²) in [5.74, 6) is 0. The molecular formula is C33H27N. The van der Waals surface area contributed by atoms with Crippen molar-refractivity contribution >= 4 is 33.2 Å². The van der Waals surface area contributed by atoms with Crippen LogP contribution < -0.4 is 0 Å². The molecule has 1 nitrogen and oxygen atoms in total. The van der Waals surface area contributed by atoms with Crippen molar-refractivity contribution in [1.29, 1.82) is 0 Å². The van der Waals surface area contributed by atoms with Gasteiger partial charge in [-0.25, -0.2) is 0 Å². The molecule has 0 fully saturated rings. The van der Waals surface area contributed by atoms with Gasteiger partial charge in [-0.15, -0.1) is 0 Å². The van der Waals surface area contributed by atoms with Gasteiger partial charge in [-0.05, 0) is 64.5 Å². The van der Waals surface area contributed by atoms with Crippen molar-refractivity contribution < 1.29 is 0 Å². The van der Waals surface area contributed by atoms with E-state index < -0.39 is 0 Å². The van der Waals surface area contributed by atoms with E-state index >= 15 is 0 Å². The highest BCUT2D eigenvalue weighted by molar-refractivity contribution is 6.29. The maximum Gasteiger partial charge on any atom is 0.0484 e. The third kappa shape index (κ3) is 3.41. The number of benzene rings is 4. The van der Waals surface area contributed by atoms with Gasteiger partial charge in [0.2, 0.25) is 0 Å². The monoisotopic (exact) mass is 437 g/mol. The summed E-state index contributed by atoms with van der Waals surface area (Å²) in [6.45, 7) is 2.18. The van der Waals surface area contributed by atoms with Crippen molar-refractivity contribution in [2.45, 2.75) is 13.3 Å². The molecule has 1 aromatic heterocycles. The van der Waals surface area contributed by atoms with E-state index in [1.165, 1.54) is 61.0 Å². The number of aryl methyl sites for hydroxylation is 2. The Balaban J connectivity index is 1.72. The molecule has 0 N–H and O–H groups in total. The quantitative estimate of drug-likeness (QED) is 0.266. The summed E-state index contributed by atoms with van der Waals surface area (Å²) in [6, 6.07) is 39.5. The molecule has 1 heterocycles. The highest BCUT2D eigenvalue weighted by Gasteiger charge is 2.30. The van der Waals surface area contributed by atoms with Crippen molar-refractivity contribution in [3.05, 3.63) is 143 Å². The summed E-state index contributed by atoms with van der Waals surface area (Å²) in [7, 11) is 2.16. The van der Waals surface area contributed by atoms with Gasteiger partial charge in [0.15, 0.2) is 0 Å². The summed E-state index contributed by atoms with van der Waals surface area (Å²) >= 11 is 0. The first-order chi connectivity index (χ1) is 16.7. The molecule has 4 aromatic carbocycles. The van der Waals surface area contributed by atoms with Crippen LogP contribution in [-0.4, -0.2) is 4.57 Å². The van der Waals surface area contributed by atoms with Crippen molar-refractivity contribution in [3.63, 3.8) is 0 Å². The SMILES string of the molecule is Cc1ccc2c(c1)c(C1=C(c3ccccc3)CC(c3ccccc3)=C1c1ccccc1)cn2C. The molecule has 0 saturated heterocycles. The minimum absolute atomic E-state index is 0.912. The molecule has 0 unspecified atom stereocenters. The van der Waals surface area contributed by atoms with Crippen LogP contribution in [0.5, 0.6) is 0 Å².